The van der Waals surface area contributed by atoms with E-state index in [1.54, 1.807) is 6.20 Å². The molecule has 5 rings (SSSR count). The molecular weight excluding hydrogens is 652 g/mol. The van der Waals surface area contributed by atoms with Gasteiger partial charge in [-0.1, -0.05) is 17.7 Å². The van der Waals surface area contributed by atoms with Crippen LogP contribution < -0.4 is 16.0 Å². The molecular formula is C33H45ClN10O5. The molecule has 2 atom stereocenters. The zero-order valence-corrected chi connectivity index (χ0v) is 28.7. The van der Waals surface area contributed by atoms with Gasteiger partial charge >= 0.3 is 6.16 Å². The van der Waals surface area contributed by atoms with Gasteiger partial charge in [0.15, 0.2) is 5.82 Å². The summed E-state index contributed by atoms with van der Waals surface area (Å²) in [6, 6.07) is 10.9. The van der Waals surface area contributed by atoms with Crippen molar-refractivity contribution in [2.45, 2.75) is 89.6 Å². The second-order valence-corrected chi connectivity index (χ2v) is 13.3. The molecule has 0 amide bonds. The highest BCUT2D eigenvalue weighted by Gasteiger charge is 2.32. The maximum absolute atomic E-state index is 10.5. The lowest BCUT2D eigenvalue weighted by molar-refractivity contribution is 0.0455. The predicted molar refractivity (Wildman–Crippen MR) is 182 cm³/mol. The van der Waals surface area contributed by atoms with Crippen molar-refractivity contribution in [3.8, 4) is 17.3 Å². The second-order valence-electron chi connectivity index (χ2n) is 12.9. The van der Waals surface area contributed by atoms with Gasteiger partial charge in [-0.15, -0.1) is 10.2 Å². The zero-order chi connectivity index (χ0) is 34.6. The molecule has 2 fully saturated rings. The standard InChI is InChI=1S/C33H45ClN10O5/c1-22(18-48-19-31-41-43-44(42-31)23(2)10-13-49-32(45)46)38-24-6-8-25(9-7-24)39-30-16-26(27(34)17-36-30)28-4-3-5-29(40-28)37-21-33(20-35)11-14-47-15-12-33/h3-5,16-17,22-25,38H,6-15,18-19,21H2,1-2H3,(H,36,39)(H,37,40)(H,45,46)/t22-,23-,24?,25?/m0/s1. The van der Waals surface area contributed by atoms with Crippen LogP contribution in [0.15, 0.2) is 30.5 Å². The molecule has 49 heavy (non-hydrogen) atoms. The third kappa shape index (κ3) is 10.7. The number of anilines is 2. The largest absolute Gasteiger partial charge is 0.505 e. The van der Waals surface area contributed by atoms with E-state index in [1.165, 1.54) is 4.80 Å². The topological polar surface area (TPSA) is 194 Å². The van der Waals surface area contributed by atoms with E-state index < -0.39 is 11.6 Å². The van der Waals surface area contributed by atoms with E-state index >= 15 is 0 Å². The molecule has 264 valence electrons. The molecule has 0 unspecified atom stereocenters. The van der Waals surface area contributed by atoms with Crippen LogP contribution in [-0.2, 0) is 20.8 Å². The lowest BCUT2D eigenvalue weighted by Gasteiger charge is -2.32. The van der Waals surface area contributed by atoms with Crippen molar-refractivity contribution in [1.82, 2.24) is 35.5 Å². The SMILES string of the molecule is C[C@@H](COCc1nnn([C@@H](C)CCOC(=O)O)n1)NC1CCC(Nc2cc(-c3cccc(NCC4(C#N)CCOCC4)n3)c(Cl)cn2)CC1. The lowest BCUT2D eigenvalue weighted by Crippen LogP contribution is -2.43. The minimum Gasteiger partial charge on any atom is -0.450 e. The molecule has 0 bridgehead atoms. The monoisotopic (exact) mass is 696 g/mol. The van der Waals surface area contributed by atoms with Gasteiger partial charge in [-0.2, -0.15) is 10.1 Å². The molecule has 3 aromatic rings. The van der Waals surface area contributed by atoms with Gasteiger partial charge in [0.25, 0.3) is 0 Å². The Morgan fingerprint density at radius 1 is 1.20 bits per heavy atom. The van der Waals surface area contributed by atoms with Gasteiger partial charge in [0, 0.05) is 56.1 Å². The van der Waals surface area contributed by atoms with Crippen LogP contribution in [-0.4, -0.2) is 92.5 Å². The first-order valence-electron chi connectivity index (χ1n) is 16.8. The van der Waals surface area contributed by atoms with E-state index in [-0.39, 0.29) is 25.3 Å². The summed E-state index contributed by atoms with van der Waals surface area (Å²) in [6.45, 7) is 6.50. The van der Waals surface area contributed by atoms with Crippen LogP contribution in [0.2, 0.25) is 5.02 Å². The van der Waals surface area contributed by atoms with E-state index in [0.717, 1.165) is 42.8 Å². The molecule has 0 aromatic carbocycles. The maximum atomic E-state index is 10.5. The zero-order valence-electron chi connectivity index (χ0n) is 28.0. The minimum absolute atomic E-state index is 0.0683. The van der Waals surface area contributed by atoms with Gasteiger partial charge in [-0.3, -0.25) is 0 Å². The van der Waals surface area contributed by atoms with Crippen LogP contribution >= 0.6 is 11.6 Å². The van der Waals surface area contributed by atoms with Crippen molar-refractivity contribution in [2.24, 2.45) is 5.41 Å². The van der Waals surface area contributed by atoms with Crippen molar-refractivity contribution in [3.63, 3.8) is 0 Å². The highest BCUT2D eigenvalue weighted by molar-refractivity contribution is 6.33. The number of tetrazole rings is 1. The third-order valence-electron chi connectivity index (χ3n) is 9.00. The van der Waals surface area contributed by atoms with Crippen LogP contribution in [0.25, 0.3) is 11.3 Å². The second kappa shape index (κ2) is 17.5. The van der Waals surface area contributed by atoms with E-state index in [0.29, 0.717) is 74.4 Å². The molecule has 1 saturated heterocycles. The molecule has 3 aromatic heterocycles. The number of rotatable bonds is 16. The van der Waals surface area contributed by atoms with Gasteiger partial charge in [-0.05, 0) is 75.8 Å². The number of pyridine rings is 2. The lowest BCUT2D eigenvalue weighted by atomic mass is 9.82. The van der Waals surface area contributed by atoms with Gasteiger partial charge in [0.1, 0.15) is 18.2 Å². The number of hydrogen-bond acceptors (Lipinski definition) is 13. The Morgan fingerprint density at radius 2 is 1.98 bits per heavy atom. The average Bonchev–Trinajstić information content (AvgIpc) is 3.58. The Balaban J connectivity index is 1.04. The number of carboxylic acid groups (broad SMARTS) is 1. The van der Waals surface area contributed by atoms with Crippen molar-refractivity contribution >= 4 is 29.4 Å². The summed E-state index contributed by atoms with van der Waals surface area (Å²) in [7, 11) is 0. The number of nitrogens with one attached hydrogen (secondary N) is 3. The summed E-state index contributed by atoms with van der Waals surface area (Å²) >= 11 is 6.59. The first-order chi connectivity index (χ1) is 23.7. The van der Waals surface area contributed by atoms with Crippen LogP contribution in [0, 0.1) is 16.7 Å². The molecule has 16 heteroatoms. The fourth-order valence-corrected chi connectivity index (χ4v) is 6.27. The number of hydrogen-bond donors (Lipinski definition) is 4. The first kappa shape index (κ1) is 36.2. The van der Waals surface area contributed by atoms with Crippen molar-refractivity contribution in [1.29, 1.82) is 5.26 Å². The number of nitriles is 1. The number of halogens is 1. The number of ether oxygens (including phenoxy) is 3. The molecule has 1 aliphatic heterocycles. The Bertz CT molecular complexity index is 1550. The Morgan fingerprint density at radius 3 is 2.73 bits per heavy atom. The smallest absolute Gasteiger partial charge is 0.450 e. The van der Waals surface area contributed by atoms with Crippen LogP contribution in [0.5, 0.6) is 0 Å². The highest BCUT2D eigenvalue weighted by atomic mass is 35.5. The van der Waals surface area contributed by atoms with Gasteiger partial charge in [0.05, 0.1) is 41.5 Å². The van der Waals surface area contributed by atoms with Crippen LogP contribution in [0.3, 0.4) is 0 Å². The Kier molecular flexibility index (Phi) is 12.9. The molecule has 2 aliphatic rings. The van der Waals surface area contributed by atoms with Crippen molar-refractivity contribution in [2.75, 3.05) is 43.6 Å². The predicted octanol–water partition coefficient (Wildman–Crippen LogP) is 5.08. The van der Waals surface area contributed by atoms with Gasteiger partial charge in [-0.25, -0.2) is 14.8 Å². The number of nitrogens with zero attached hydrogens (tertiary/aromatic N) is 7. The van der Waals surface area contributed by atoms with Gasteiger partial charge < -0.3 is 35.3 Å². The highest BCUT2D eigenvalue weighted by Crippen LogP contribution is 2.32. The van der Waals surface area contributed by atoms with Crippen LogP contribution in [0.1, 0.15) is 70.7 Å². The van der Waals surface area contributed by atoms with E-state index in [4.69, 9.17) is 31.2 Å². The normalized spacial score (nSPS) is 20.1. The summed E-state index contributed by atoms with van der Waals surface area (Å²) in [5.41, 5.74) is 1.08. The number of aromatic nitrogens is 6. The van der Waals surface area contributed by atoms with Crippen molar-refractivity contribution in [3.05, 3.63) is 41.3 Å². The Labute approximate surface area is 291 Å². The Hall–Kier alpha value is -4.10. The first-order valence-corrected chi connectivity index (χ1v) is 17.2. The fraction of sp³-hybridized carbons (Fsp3) is 0.606. The minimum atomic E-state index is -1.30. The molecule has 0 radical (unpaired) electrons. The molecule has 4 N–H and O–H groups in total. The molecule has 1 saturated carbocycles. The summed E-state index contributed by atoms with van der Waals surface area (Å²) in [4.78, 5) is 21.3. The average molecular weight is 697 g/mol. The van der Waals surface area contributed by atoms with E-state index in [1.807, 2.05) is 31.2 Å². The molecule has 4 heterocycles. The van der Waals surface area contributed by atoms with Gasteiger partial charge in [0.2, 0.25) is 0 Å². The molecule has 15 nitrogen and oxygen atoms in total. The van der Waals surface area contributed by atoms with Crippen molar-refractivity contribution < 1.29 is 24.1 Å². The molecule has 1 aliphatic carbocycles. The summed E-state index contributed by atoms with van der Waals surface area (Å²) in [5.74, 6) is 1.93. The van der Waals surface area contributed by atoms with E-state index in [2.05, 4.69) is 54.1 Å². The van der Waals surface area contributed by atoms with E-state index in [9.17, 15) is 10.1 Å². The number of carbonyl (C=O) groups is 1. The summed E-state index contributed by atoms with van der Waals surface area (Å²) in [5, 5.41) is 42.0. The maximum Gasteiger partial charge on any atom is 0.505 e. The molecule has 0 spiro atoms. The summed E-state index contributed by atoms with van der Waals surface area (Å²) < 4.78 is 15.8. The quantitative estimate of drug-likeness (QED) is 0.145. The summed E-state index contributed by atoms with van der Waals surface area (Å²) in [6.07, 6.45) is 6.26. The van der Waals surface area contributed by atoms with Crippen LogP contribution in [0.4, 0.5) is 16.4 Å². The fourth-order valence-electron chi connectivity index (χ4n) is 6.07. The third-order valence-corrected chi connectivity index (χ3v) is 9.30.